The van der Waals surface area contributed by atoms with Gasteiger partial charge in [-0.2, -0.15) is 0 Å². The van der Waals surface area contributed by atoms with Crippen LogP contribution in [0.5, 0.6) is 5.75 Å². The maximum absolute atomic E-state index is 12.3. The Kier molecular flexibility index (Phi) is 4.91. The number of ketones is 1. The monoisotopic (exact) mass is 302 g/mol. The van der Waals surface area contributed by atoms with Crippen molar-refractivity contribution in [1.29, 1.82) is 0 Å². The van der Waals surface area contributed by atoms with Gasteiger partial charge in [-0.25, -0.2) is 0 Å². The molecule has 1 unspecified atom stereocenters. The van der Waals surface area contributed by atoms with Crippen LogP contribution in [0.1, 0.15) is 21.5 Å². The molecule has 1 atom stereocenters. The molecule has 0 N–H and O–H groups in total. The molecule has 2 aromatic rings. The average Bonchev–Trinajstić information content (AvgIpc) is 2.47. The van der Waals surface area contributed by atoms with Gasteiger partial charge in [-0.05, 0) is 43.7 Å². The standard InChI is InChI=1S/C17H18O3S/c1-12-4-7-14(8-5-12)21(19)11-16(18)15-9-6-13(2)10-17(15)20-3/h4-10H,11H2,1-3H3. The number of hydrogen-bond donors (Lipinski definition) is 0. The van der Waals surface area contributed by atoms with Crippen LogP contribution < -0.4 is 4.74 Å². The van der Waals surface area contributed by atoms with Crippen LogP contribution in [-0.2, 0) is 10.8 Å². The van der Waals surface area contributed by atoms with Gasteiger partial charge in [0.1, 0.15) is 5.75 Å². The Balaban J connectivity index is 2.18. The first-order valence-corrected chi connectivity index (χ1v) is 7.96. The minimum Gasteiger partial charge on any atom is -0.496 e. The summed E-state index contributed by atoms with van der Waals surface area (Å²) >= 11 is 0. The van der Waals surface area contributed by atoms with Crippen LogP contribution in [0.2, 0.25) is 0 Å². The lowest BCUT2D eigenvalue weighted by Crippen LogP contribution is -2.12. The van der Waals surface area contributed by atoms with E-state index >= 15 is 0 Å². The lowest BCUT2D eigenvalue weighted by atomic mass is 10.1. The van der Waals surface area contributed by atoms with Gasteiger partial charge in [0.25, 0.3) is 0 Å². The summed E-state index contributed by atoms with van der Waals surface area (Å²) in [5, 5.41) is 0. The van der Waals surface area contributed by atoms with E-state index < -0.39 is 10.8 Å². The molecule has 3 nitrogen and oxygen atoms in total. The maximum Gasteiger partial charge on any atom is 0.179 e. The molecule has 0 aliphatic carbocycles. The van der Waals surface area contributed by atoms with Crippen LogP contribution in [0.25, 0.3) is 0 Å². The molecule has 0 fully saturated rings. The van der Waals surface area contributed by atoms with Gasteiger partial charge in [0.05, 0.1) is 29.2 Å². The molecule has 0 aromatic heterocycles. The second kappa shape index (κ2) is 6.68. The van der Waals surface area contributed by atoms with Crippen molar-refractivity contribution in [3.8, 4) is 5.75 Å². The Labute approximate surface area is 127 Å². The number of benzene rings is 2. The van der Waals surface area contributed by atoms with Gasteiger partial charge in [-0.15, -0.1) is 0 Å². The number of aryl methyl sites for hydroxylation is 2. The second-order valence-corrected chi connectivity index (χ2v) is 6.38. The van der Waals surface area contributed by atoms with Crippen LogP contribution in [0.15, 0.2) is 47.4 Å². The van der Waals surface area contributed by atoms with Crippen molar-refractivity contribution in [1.82, 2.24) is 0 Å². The molecule has 0 spiro atoms. The Morgan fingerprint density at radius 2 is 1.67 bits per heavy atom. The molecular weight excluding hydrogens is 284 g/mol. The molecule has 110 valence electrons. The molecular formula is C17H18O3S. The van der Waals surface area contributed by atoms with Crippen LogP contribution in [0.3, 0.4) is 0 Å². The molecule has 0 saturated heterocycles. The van der Waals surface area contributed by atoms with E-state index in [1.165, 1.54) is 7.11 Å². The van der Waals surface area contributed by atoms with E-state index in [0.29, 0.717) is 16.2 Å². The number of methoxy groups -OCH3 is 1. The summed E-state index contributed by atoms with van der Waals surface area (Å²) in [6, 6.07) is 12.8. The van der Waals surface area contributed by atoms with E-state index in [2.05, 4.69) is 0 Å². The van der Waals surface area contributed by atoms with Crippen molar-refractivity contribution >= 4 is 16.6 Å². The Bertz CT molecular complexity index is 675. The number of carbonyl (C=O) groups is 1. The van der Waals surface area contributed by atoms with Crippen molar-refractivity contribution < 1.29 is 13.7 Å². The molecule has 21 heavy (non-hydrogen) atoms. The summed E-state index contributed by atoms with van der Waals surface area (Å²) < 4.78 is 17.5. The number of hydrogen-bond acceptors (Lipinski definition) is 3. The minimum absolute atomic E-state index is 0.0392. The van der Waals surface area contributed by atoms with Crippen molar-refractivity contribution in [2.75, 3.05) is 12.9 Å². The van der Waals surface area contributed by atoms with Gasteiger partial charge in [-0.1, -0.05) is 23.8 Å². The van der Waals surface area contributed by atoms with E-state index in [-0.39, 0.29) is 11.5 Å². The topological polar surface area (TPSA) is 43.4 Å². The highest BCUT2D eigenvalue weighted by Crippen LogP contribution is 2.21. The molecule has 4 heteroatoms. The third-order valence-electron chi connectivity index (χ3n) is 3.20. The van der Waals surface area contributed by atoms with Crippen LogP contribution >= 0.6 is 0 Å². The molecule has 2 rings (SSSR count). The van der Waals surface area contributed by atoms with Gasteiger partial charge in [0.15, 0.2) is 5.78 Å². The summed E-state index contributed by atoms with van der Waals surface area (Å²) in [6.07, 6.45) is 0. The number of ether oxygens (including phenoxy) is 1. The molecule has 0 heterocycles. The lowest BCUT2D eigenvalue weighted by Gasteiger charge is -2.08. The van der Waals surface area contributed by atoms with E-state index in [1.807, 2.05) is 38.1 Å². The highest BCUT2D eigenvalue weighted by Gasteiger charge is 2.16. The summed E-state index contributed by atoms with van der Waals surface area (Å²) in [5.41, 5.74) is 2.59. The minimum atomic E-state index is -1.34. The number of carbonyl (C=O) groups excluding carboxylic acids is 1. The molecule has 0 radical (unpaired) electrons. The normalized spacial score (nSPS) is 12.0. The Morgan fingerprint density at radius 1 is 1.05 bits per heavy atom. The first-order chi connectivity index (χ1) is 10.0. The summed E-state index contributed by atoms with van der Waals surface area (Å²) in [5.74, 6) is 0.314. The quantitative estimate of drug-likeness (QED) is 0.796. The van der Waals surface area contributed by atoms with E-state index in [0.717, 1.165) is 11.1 Å². The Hall–Kier alpha value is -1.94. The summed E-state index contributed by atoms with van der Waals surface area (Å²) in [7, 11) is 0.187. The highest BCUT2D eigenvalue weighted by molar-refractivity contribution is 7.85. The third kappa shape index (κ3) is 3.79. The predicted molar refractivity (Wildman–Crippen MR) is 84.5 cm³/mol. The first kappa shape index (κ1) is 15.4. The fraction of sp³-hybridized carbons (Fsp3) is 0.235. The van der Waals surface area contributed by atoms with E-state index in [9.17, 15) is 9.00 Å². The predicted octanol–water partition coefficient (Wildman–Crippen LogP) is 3.30. The summed E-state index contributed by atoms with van der Waals surface area (Å²) in [6.45, 7) is 3.90. The van der Waals surface area contributed by atoms with Gasteiger partial charge in [0.2, 0.25) is 0 Å². The van der Waals surface area contributed by atoms with Gasteiger partial charge < -0.3 is 4.74 Å². The van der Waals surface area contributed by atoms with Gasteiger partial charge >= 0.3 is 0 Å². The van der Waals surface area contributed by atoms with Gasteiger partial charge in [0, 0.05) is 4.90 Å². The van der Waals surface area contributed by atoms with Crippen molar-refractivity contribution in [2.24, 2.45) is 0 Å². The molecule has 2 aromatic carbocycles. The molecule has 0 amide bonds. The summed E-state index contributed by atoms with van der Waals surface area (Å²) in [4.78, 5) is 13.0. The van der Waals surface area contributed by atoms with E-state index in [1.54, 1.807) is 18.2 Å². The molecule has 0 saturated carbocycles. The number of Topliss-reactive ketones (excluding diaryl/α,β-unsaturated/α-hetero) is 1. The fourth-order valence-corrected chi connectivity index (χ4v) is 3.00. The smallest absolute Gasteiger partial charge is 0.179 e. The van der Waals surface area contributed by atoms with Gasteiger partial charge in [-0.3, -0.25) is 9.00 Å². The zero-order chi connectivity index (χ0) is 15.4. The zero-order valence-electron chi connectivity index (χ0n) is 12.4. The van der Waals surface area contributed by atoms with Crippen molar-refractivity contribution in [2.45, 2.75) is 18.7 Å². The largest absolute Gasteiger partial charge is 0.496 e. The highest BCUT2D eigenvalue weighted by atomic mass is 32.2. The second-order valence-electron chi connectivity index (χ2n) is 4.93. The molecule has 0 aliphatic heterocycles. The van der Waals surface area contributed by atoms with E-state index in [4.69, 9.17) is 4.74 Å². The van der Waals surface area contributed by atoms with Crippen LogP contribution in [0, 0.1) is 13.8 Å². The lowest BCUT2D eigenvalue weighted by molar-refractivity contribution is 0.101. The molecule has 0 bridgehead atoms. The van der Waals surface area contributed by atoms with Crippen LogP contribution in [0.4, 0.5) is 0 Å². The Morgan fingerprint density at radius 3 is 2.29 bits per heavy atom. The molecule has 0 aliphatic rings. The van der Waals surface area contributed by atoms with Crippen molar-refractivity contribution in [3.63, 3.8) is 0 Å². The van der Waals surface area contributed by atoms with Crippen LogP contribution in [-0.4, -0.2) is 22.9 Å². The average molecular weight is 302 g/mol. The maximum atomic E-state index is 12.3. The zero-order valence-corrected chi connectivity index (χ0v) is 13.2. The van der Waals surface area contributed by atoms with Crippen molar-refractivity contribution in [3.05, 3.63) is 59.2 Å². The number of rotatable bonds is 5. The fourth-order valence-electron chi connectivity index (χ4n) is 2.00. The SMILES string of the molecule is COc1cc(C)ccc1C(=O)CS(=O)c1ccc(C)cc1. The first-order valence-electron chi connectivity index (χ1n) is 6.64. The third-order valence-corrected chi connectivity index (χ3v) is 4.53.